The first-order valence-corrected chi connectivity index (χ1v) is 8.35. The molecule has 0 radical (unpaired) electrons. The van der Waals surface area contributed by atoms with Gasteiger partial charge in [0.05, 0.1) is 25.1 Å². The molecule has 2 unspecified atom stereocenters. The lowest BCUT2D eigenvalue weighted by Gasteiger charge is -2.27. The molecule has 0 aromatic heterocycles. The van der Waals surface area contributed by atoms with E-state index < -0.39 is 18.6 Å². The molecule has 0 saturated carbocycles. The standard InChI is InChI=1S/C19H20F3N3O.HI/c20-19(21,22)15(13-6-2-1-3-7-13)12-24-18(23)25-16-10-11-26-17-9-5-4-8-14(16)17;/h1-9,15-16H,10-12H2,(H3,23,24,25);1H. The average Bonchev–Trinajstić information content (AvgIpc) is 2.62. The van der Waals surface area contributed by atoms with E-state index in [0.29, 0.717) is 13.0 Å². The predicted molar refractivity (Wildman–Crippen MR) is 110 cm³/mol. The molecule has 27 heavy (non-hydrogen) atoms. The summed E-state index contributed by atoms with van der Waals surface area (Å²) >= 11 is 0. The Labute approximate surface area is 173 Å². The lowest BCUT2D eigenvalue weighted by Crippen LogP contribution is -2.38. The summed E-state index contributed by atoms with van der Waals surface area (Å²) in [5.74, 6) is -0.940. The number of fused-ring (bicyclic) bond motifs is 1. The molecule has 1 aliphatic rings. The Hall–Kier alpha value is -1.97. The third-order valence-electron chi connectivity index (χ3n) is 4.32. The van der Waals surface area contributed by atoms with Crippen molar-refractivity contribution in [2.75, 3.05) is 13.2 Å². The summed E-state index contributed by atoms with van der Waals surface area (Å²) in [6, 6.07) is 15.1. The molecule has 2 aromatic carbocycles. The highest BCUT2D eigenvalue weighted by molar-refractivity contribution is 14.0. The zero-order valence-electron chi connectivity index (χ0n) is 14.4. The van der Waals surface area contributed by atoms with Crippen LogP contribution >= 0.6 is 24.0 Å². The smallest absolute Gasteiger partial charge is 0.397 e. The summed E-state index contributed by atoms with van der Waals surface area (Å²) in [5.41, 5.74) is 6.96. The first kappa shape index (κ1) is 21.3. The van der Waals surface area contributed by atoms with Gasteiger partial charge in [0.25, 0.3) is 0 Å². The molecule has 2 atom stereocenters. The van der Waals surface area contributed by atoms with Crippen molar-refractivity contribution in [2.45, 2.75) is 24.6 Å². The number of ether oxygens (including phenoxy) is 1. The van der Waals surface area contributed by atoms with Crippen LogP contribution in [0.15, 0.2) is 59.6 Å². The van der Waals surface area contributed by atoms with Gasteiger partial charge in [0.2, 0.25) is 0 Å². The first-order chi connectivity index (χ1) is 12.4. The van der Waals surface area contributed by atoms with E-state index in [2.05, 4.69) is 10.3 Å². The summed E-state index contributed by atoms with van der Waals surface area (Å²) in [4.78, 5) is 3.96. The predicted octanol–water partition coefficient (Wildman–Crippen LogP) is 4.38. The number of alkyl halides is 3. The van der Waals surface area contributed by atoms with Gasteiger partial charge in [-0.15, -0.1) is 24.0 Å². The second-order valence-corrected chi connectivity index (χ2v) is 6.10. The van der Waals surface area contributed by atoms with Gasteiger partial charge in [0.1, 0.15) is 5.75 Å². The molecule has 1 aliphatic heterocycles. The maximum atomic E-state index is 13.4. The van der Waals surface area contributed by atoms with Gasteiger partial charge in [0, 0.05) is 12.0 Å². The maximum Gasteiger partial charge on any atom is 0.397 e. The van der Waals surface area contributed by atoms with Gasteiger partial charge in [-0.05, 0) is 11.6 Å². The number of hydrogen-bond donors (Lipinski definition) is 2. The Bertz CT molecular complexity index is 768. The van der Waals surface area contributed by atoms with E-state index in [0.717, 1.165) is 11.3 Å². The van der Waals surface area contributed by atoms with Crippen molar-refractivity contribution in [1.82, 2.24) is 5.32 Å². The second kappa shape index (κ2) is 9.29. The highest BCUT2D eigenvalue weighted by Gasteiger charge is 2.40. The monoisotopic (exact) mass is 491 g/mol. The number of benzene rings is 2. The molecule has 0 saturated heterocycles. The number of nitrogens with zero attached hydrogens (tertiary/aromatic N) is 1. The molecule has 0 aliphatic carbocycles. The number of guanidine groups is 1. The Morgan fingerprint density at radius 3 is 2.52 bits per heavy atom. The topological polar surface area (TPSA) is 59.6 Å². The number of nitrogens with two attached hydrogens (primary N) is 1. The van der Waals surface area contributed by atoms with E-state index in [9.17, 15) is 13.2 Å². The SMILES string of the molecule is I.NC(=NCC(c1ccccc1)C(F)(F)F)NC1CCOc2ccccc21. The summed E-state index contributed by atoms with van der Waals surface area (Å²) in [6.07, 6.45) is -3.73. The van der Waals surface area contributed by atoms with E-state index >= 15 is 0 Å². The maximum absolute atomic E-state index is 13.4. The van der Waals surface area contributed by atoms with Crippen molar-refractivity contribution in [3.05, 3.63) is 65.7 Å². The van der Waals surface area contributed by atoms with Crippen molar-refractivity contribution in [3.8, 4) is 5.75 Å². The third kappa shape index (κ3) is 5.50. The van der Waals surface area contributed by atoms with Crippen LogP contribution in [0, 0.1) is 0 Å². The Kier molecular flexibility index (Phi) is 7.34. The van der Waals surface area contributed by atoms with Crippen LogP contribution in [0.2, 0.25) is 0 Å². The third-order valence-corrected chi connectivity index (χ3v) is 4.32. The zero-order chi connectivity index (χ0) is 18.6. The van der Waals surface area contributed by atoms with E-state index in [4.69, 9.17) is 10.5 Å². The van der Waals surface area contributed by atoms with Gasteiger partial charge in [-0.3, -0.25) is 4.99 Å². The van der Waals surface area contributed by atoms with E-state index in [1.807, 2.05) is 24.3 Å². The molecule has 8 heteroatoms. The molecule has 146 valence electrons. The van der Waals surface area contributed by atoms with Crippen molar-refractivity contribution in [3.63, 3.8) is 0 Å². The minimum atomic E-state index is -4.39. The number of para-hydroxylation sites is 1. The fourth-order valence-electron chi connectivity index (χ4n) is 2.99. The molecule has 0 bridgehead atoms. The van der Waals surface area contributed by atoms with Crippen molar-refractivity contribution < 1.29 is 17.9 Å². The van der Waals surface area contributed by atoms with E-state index in [-0.39, 0.29) is 41.5 Å². The van der Waals surface area contributed by atoms with Gasteiger partial charge in [-0.25, -0.2) is 0 Å². The second-order valence-electron chi connectivity index (χ2n) is 6.10. The van der Waals surface area contributed by atoms with Crippen LogP contribution in [-0.4, -0.2) is 25.3 Å². The minimum absolute atomic E-state index is 0. The summed E-state index contributed by atoms with van der Waals surface area (Å²) in [7, 11) is 0. The lowest BCUT2D eigenvalue weighted by atomic mass is 9.99. The fraction of sp³-hybridized carbons (Fsp3) is 0.316. The van der Waals surface area contributed by atoms with Gasteiger partial charge >= 0.3 is 6.18 Å². The highest BCUT2D eigenvalue weighted by atomic mass is 127. The Morgan fingerprint density at radius 1 is 1.15 bits per heavy atom. The summed E-state index contributed by atoms with van der Waals surface area (Å²) in [6.45, 7) is 0.0500. The fourth-order valence-corrected chi connectivity index (χ4v) is 2.99. The molecular weight excluding hydrogens is 470 g/mol. The summed E-state index contributed by atoms with van der Waals surface area (Å²) < 4.78 is 45.7. The minimum Gasteiger partial charge on any atom is -0.493 e. The highest BCUT2D eigenvalue weighted by Crippen LogP contribution is 2.35. The molecule has 0 spiro atoms. The lowest BCUT2D eigenvalue weighted by molar-refractivity contribution is -0.148. The molecular formula is C19H21F3IN3O. The molecule has 3 N–H and O–H groups in total. The average molecular weight is 491 g/mol. The largest absolute Gasteiger partial charge is 0.493 e. The molecule has 3 rings (SSSR count). The molecule has 0 fully saturated rings. The summed E-state index contributed by atoms with van der Waals surface area (Å²) in [5, 5.41) is 3.01. The van der Waals surface area contributed by atoms with E-state index in [1.54, 1.807) is 18.2 Å². The van der Waals surface area contributed by atoms with Crippen LogP contribution in [0.25, 0.3) is 0 Å². The molecule has 2 aromatic rings. The quantitative estimate of drug-likeness (QED) is 0.379. The molecule has 4 nitrogen and oxygen atoms in total. The first-order valence-electron chi connectivity index (χ1n) is 8.35. The van der Waals surface area contributed by atoms with E-state index in [1.165, 1.54) is 12.1 Å². The van der Waals surface area contributed by atoms with Crippen LogP contribution in [0.3, 0.4) is 0 Å². The van der Waals surface area contributed by atoms with Crippen LogP contribution in [-0.2, 0) is 0 Å². The van der Waals surface area contributed by atoms with Crippen molar-refractivity contribution in [1.29, 1.82) is 0 Å². The van der Waals surface area contributed by atoms with Gasteiger partial charge in [0.15, 0.2) is 5.96 Å². The number of nitrogens with one attached hydrogen (secondary N) is 1. The number of halogens is 4. The Balaban J connectivity index is 0.00000261. The van der Waals surface area contributed by atoms with Gasteiger partial charge in [-0.1, -0.05) is 48.5 Å². The molecule has 0 amide bonds. The zero-order valence-corrected chi connectivity index (χ0v) is 16.8. The normalized spacial score (nSPS) is 17.9. The van der Waals surface area contributed by atoms with Crippen LogP contribution < -0.4 is 15.8 Å². The molecule has 1 heterocycles. The number of hydrogen-bond acceptors (Lipinski definition) is 2. The number of rotatable bonds is 4. The van der Waals surface area contributed by atoms with Gasteiger partial charge in [-0.2, -0.15) is 13.2 Å². The van der Waals surface area contributed by atoms with Crippen LogP contribution in [0.4, 0.5) is 13.2 Å². The number of aliphatic imine (C=N–C) groups is 1. The van der Waals surface area contributed by atoms with Crippen molar-refractivity contribution >= 4 is 29.9 Å². The van der Waals surface area contributed by atoms with Crippen molar-refractivity contribution in [2.24, 2.45) is 10.7 Å². The van der Waals surface area contributed by atoms with Crippen LogP contribution in [0.5, 0.6) is 5.75 Å². The van der Waals surface area contributed by atoms with Crippen LogP contribution in [0.1, 0.15) is 29.5 Å². The van der Waals surface area contributed by atoms with Gasteiger partial charge < -0.3 is 15.8 Å². The Morgan fingerprint density at radius 2 is 1.81 bits per heavy atom.